The number of pyridine rings is 1. The second kappa shape index (κ2) is 9.10. The molecule has 3 aromatic heterocycles. The fraction of sp³-hybridized carbons (Fsp3) is 0.357. The minimum Gasteiger partial charge on any atom is -0.473 e. The molecule has 2 saturated carbocycles. The largest absolute Gasteiger partial charge is 0.473 e. The normalized spacial score (nSPS) is 23.0. The molecule has 8 heteroatoms. The predicted molar refractivity (Wildman–Crippen MR) is 144 cm³/mol. The van der Waals surface area contributed by atoms with E-state index in [0.717, 1.165) is 50.9 Å². The zero-order valence-electron chi connectivity index (χ0n) is 20.1. The van der Waals surface area contributed by atoms with Crippen LogP contribution >= 0.6 is 20.6 Å². The van der Waals surface area contributed by atoms with E-state index in [1.807, 2.05) is 36.4 Å². The molecule has 0 saturated heterocycles. The number of hydrogen-bond donors (Lipinski definition) is 0. The fourth-order valence-electron chi connectivity index (χ4n) is 5.82. The molecule has 0 bridgehead atoms. The van der Waals surface area contributed by atoms with Crippen LogP contribution in [-0.4, -0.2) is 20.8 Å². The lowest BCUT2D eigenvalue weighted by molar-refractivity contribution is 0.112. The third-order valence-corrected chi connectivity index (χ3v) is 9.67. The first-order valence-electron chi connectivity index (χ1n) is 12.3. The Morgan fingerprint density at radius 3 is 2.81 bits per heavy atom. The highest BCUT2D eigenvalue weighted by Gasteiger charge is 2.57. The molecule has 0 amide bonds. The second-order valence-corrected chi connectivity index (χ2v) is 11.8. The molecule has 2 unspecified atom stereocenters. The van der Waals surface area contributed by atoms with Gasteiger partial charge in [-0.25, -0.2) is 9.97 Å². The molecule has 3 heterocycles. The van der Waals surface area contributed by atoms with E-state index >= 15 is 0 Å². The highest BCUT2D eigenvalue weighted by atomic mass is 32.1. The van der Waals surface area contributed by atoms with Gasteiger partial charge in [-0.1, -0.05) is 12.1 Å². The molecule has 6 nitrogen and oxygen atoms in total. The Kier molecular flexibility index (Phi) is 5.90. The van der Waals surface area contributed by atoms with Crippen molar-refractivity contribution in [3.8, 4) is 11.9 Å². The smallest absolute Gasteiger partial charge is 0.213 e. The van der Waals surface area contributed by atoms with E-state index in [4.69, 9.17) is 20.0 Å². The lowest BCUT2D eigenvalue weighted by atomic mass is 9.77. The lowest BCUT2D eigenvalue weighted by Gasteiger charge is -2.29. The Morgan fingerprint density at radius 1 is 1.25 bits per heavy atom. The molecule has 0 aliphatic heterocycles. The van der Waals surface area contributed by atoms with Gasteiger partial charge in [-0.05, 0) is 72.7 Å². The van der Waals surface area contributed by atoms with Crippen LogP contribution in [0.4, 0.5) is 0 Å². The van der Waals surface area contributed by atoms with Crippen LogP contribution in [-0.2, 0) is 13.7 Å². The molecule has 6 rings (SSSR count). The summed E-state index contributed by atoms with van der Waals surface area (Å²) < 4.78 is 8.22. The number of thiophene rings is 1. The molecule has 4 aromatic rings. The molecule has 36 heavy (non-hydrogen) atoms. The van der Waals surface area contributed by atoms with Gasteiger partial charge < -0.3 is 9.30 Å². The molecule has 1 aromatic carbocycles. The average Bonchev–Trinajstić information content (AvgIpc) is 3.27. The maximum absolute atomic E-state index is 11.1. The van der Waals surface area contributed by atoms with Gasteiger partial charge in [-0.2, -0.15) is 5.26 Å². The number of ether oxygens (including phenoxy) is 1. The number of rotatable bonds is 6. The molecular weight excluding hydrogens is 487 g/mol. The molecule has 182 valence electrons. The lowest BCUT2D eigenvalue weighted by Crippen LogP contribution is -2.17. The van der Waals surface area contributed by atoms with Gasteiger partial charge in [-0.3, -0.25) is 4.79 Å². The van der Waals surface area contributed by atoms with Gasteiger partial charge in [0.25, 0.3) is 0 Å². The van der Waals surface area contributed by atoms with Crippen molar-refractivity contribution in [3.05, 3.63) is 70.0 Å². The number of aryl methyl sites for hydroxylation is 1. The summed E-state index contributed by atoms with van der Waals surface area (Å²) >= 11 is 1.53. The molecule has 0 N–H and O–H groups in total. The van der Waals surface area contributed by atoms with E-state index < -0.39 is 0 Å². The number of nitrogens with zero attached hydrogens (tertiary/aromatic N) is 4. The topological polar surface area (TPSA) is 80.8 Å². The number of fused-ring (bicyclic) bond motifs is 1. The van der Waals surface area contributed by atoms with Crippen LogP contribution in [0.25, 0.3) is 10.3 Å². The summed E-state index contributed by atoms with van der Waals surface area (Å²) in [6.45, 7) is 0.423. The zero-order valence-corrected chi connectivity index (χ0v) is 22.1. The molecule has 2 aliphatic carbocycles. The third-order valence-electron chi connectivity index (χ3n) is 8.01. The summed E-state index contributed by atoms with van der Waals surface area (Å²) in [4.78, 5) is 22.7. The minimum atomic E-state index is 0.365. The summed E-state index contributed by atoms with van der Waals surface area (Å²) in [7, 11) is 4.76. The van der Waals surface area contributed by atoms with Crippen LogP contribution < -0.4 is 10.0 Å². The van der Waals surface area contributed by atoms with E-state index in [0.29, 0.717) is 35.3 Å². The van der Waals surface area contributed by atoms with Crippen molar-refractivity contribution in [1.82, 2.24) is 14.5 Å². The number of carbonyl (C=O) groups excluding carboxylic acids is 1. The van der Waals surface area contributed by atoms with Gasteiger partial charge in [0.15, 0.2) is 6.29 Å². The maximum atomic E-state index is 11.1. The summed E-state index contributed by atoms with van der Waals surface area (Å²) in [6.07, 6.45) is 6.76. The number of aldehydes is 1. The molecule has 2 atom stereocenters. The minimum absolute atomic E-state index is 0.365. The Morgan fingerprint density at radius 2 is 2.08 bits per heavy atom. The molecule has 1 spiro atoms. The van der Waals surface area contributed by atoms with Crippen molar-refractivity contribution < 1.29 is 9.53 Å². The van der Waals surface area contributed by atoms with Crippen LogP contribution in [0.15, 0.2) is 42.5 Å². The van der Waals surface area contributed by atoms with Gasteiger partial charge in [-0.15, -0.1) is 20.6 Å². The monoisotopic (exact) mass is 514 g/mol. The van der Waals surface area contributed by atoms with Crippen LogP contribution in [0.5, 0.6) is 5.88 Å². The van der Waals surface area contributed by atoms with E-state index in [1.165, 1.54) is 36.4 Å². The maximum Gasteiger partial charge on any atom is 0.213 e. The zero-order chi connectivity index (χ0) is 24.9. The number of aromatic nitrogens is 3. The SMILES string of the molecule is Cn1c(C2CC23CCC(c2cccc(OCc4ccc(C#N)cc4P)n2)CC3)nc2cc(C=O)sc21. The van der Waals surface area contributed by atoms with Gasteiger partial charge in [0.05, 0.1) is 16.5 Å². The van der Waals surface area contributed by atoms with Crippen molar-refractivity contribution in [2.24, 2.45) is 12.5 Å². The number of hydrogen-bond acceptors (Lipinski definition) is 6. The van der Waals surface area contributed by atoms with Gasteiger partial charge in [0.2, 0.25) is 5.88 Å². The molecule has 2 fully saturated rings. The van der Waals surface area contributed by atoms with E-state index in [-0.39, 0.29) is 0 Å². The summed E-state index contributed by atoms with van der Waals surface area (Å²) in [5.74, 6) is 2.79. The molecule has 0 radical (unpaired) electrons. The summed E-state index contributed by atoms with van der Waals surface area (Å²) in [5, 5.41) is 10.0. The highest BCUT2D eigenvalue weighted by Crippen LogP contribution is 2.67. The first-order chi connectivity index (χ1) is 17.5. The van der Waals surface area contributed by atoms with Gasteiger partial charge in [0, 0.05) is 30.6 Å². The van der Waals surface area contributed by atoms with Crippen molar-refractivity contribution in [1.29, 1.82) is 5.26 Å². The van der Waals surface area contributed by atoms with Gasteiger partial charge in [0.1, 0.15) is 22.8 Å². The Labute approximate surface area is 216 Å². The Balaban J connectivity index is 1.09. The van der Waals surface area contributed by atoms with Crippen molar-refractivity contribution >= 4 is 42.5 Å². The van der Waals surface area contributed by atoms with Crippen molar-refractivity contribution in [2.45, 2.75) is 50.5 Å². The van der Waals surface area contributed by atoms with E-state index in [9.17, 15) is 4.79 Å². The Bertz CT molecular complexity index is 1510. The van der Waals surface area contributed by atoms with Crippen LogP contribution in [0.1, 0.15) is 76.3 Å². The number of carbonyl (C=O) groups is 1. The quantitative estimate of drug-likeness (QED) is 0.246. The molecular formula is C28H27N4O2PS. The average molecular weight is 515 g/mol. The highest BCUT2D eigenvalue weighted by molar-refractivity contribution is 7.27. The predicted octanol–water partition coefficient (Wildman–Crippen LogP) is 5.62. The first kappa shape index (κ1) is 23.3. The van der Waals surface area contributed by atoms with E-state index in [1.54, 1.807) is 0 Å². The van der Waals surface area contributed by atoms with E-state index in [2.05, 4.69) is 33.0 Å². The first-order valence-corrected chi connectivity index (χ1v) is 13.7. The van der Waals surface area contributed by atoms with Crippen LogP contribution in [0.2, 0.25) is 0 Å². The Hall–Kier alpha value is -3.07. The van der Waals surface area contributed by atoms with Crippen LogP contribution in [0, 0.1) is 16.7 Å². The van der Waals surface area contributed by atoms with Gasteiger partial charge >= 0.3 is 0 Å². The summed E-state index contributed by atoms with van der Waals surface area (Å²) in [5.41, 5.74) is 4.11. The number of imidazole rings is 1. The number of nitriles is 1. The summed E-state index contributed by atoms with van der Waals surface area (Å²) in [6, 6.07) is 15.8. The molecule has 2 aliphatic rings. The van der Waals surface area contributed by atoms with Crippen molar-refractivity contribution in [3.63, 3.8) is 0 Å². The standard InChI is InChI=1S/C28H27N4O2PS/c1-32-26(31-23-12-20(15-33)36-27(23)32)21-13-28(21)9-7-18(8-10-28)22-3-2-4-25(30-22)34-16-19-6-5-17(14-29)11-24(19)35/h2-6,11-12,15,18,21H,7-10,13,16,35H2,1H3. The fourth-order valence-corrected chi connectivity index (χ4v) is 7.06. The second-order valence-electron chi connectivity index (χ2n) is 10.1. The number of benzene rings is 1. The van der Waals surface area contributed by atoms with Crippen molar-refractivity contribution in [2.75, 3.05) is 0 Å². The van der Waals surface area contributed by atoms with Crippen LogP contribution in [0.3, 0.4) is 0 Å². The third kappa shape index (κ3) is 4.13.